The van der Waals surface area contributed by atoms with Crippen molar-refractivity contribution >= 4 is 80.1 Å². The lowest BCUT2D eigenvalue weighted by Gasteiger charge is -2.31. The summed E-state index contributed by atoms with van der Waals surface area (Å²) in [6.45, 7) is 13.9. The second-order valence-electron chi connectivity index (χ2n) is 12.8. The van der Waals surface area contributed by atoms with Crippen LogP contribution in [0.3, 0.4) is 0 Å². The number of fused-ring (bicyclic) bond motifs is 4. The number of nitrogens with zero attached hydrogens (tertiary/aromatic N) is 1. The van der Waals surface area contributed by atoms with Gasteiger partial charge in [-0.05, 0) is 66.0 Å². The molecule has 0 saturated carbocycles. The van der Waals surface area contributed by atoms with Gasteiger partial charge in [0, 0.05) is 35.4 Å². The van der Waals surface area contributed by atoms with E-state index < -0.39 is 8.07 Å². The molecule has 6 heterocycles. The van der Waals surface area contributed by atoms with Crippen molar-refractivity contribution < 1.29 is 9.59 Å². The van der Waals surface area contributed by atoms with Gasteiger partial charge in [-0.15, -0.1) is 34.0 Å². The van der Waals surface area contributed by atoms with Crippen LogP contribution in [0.15, 0.2) is 29.6 Å². The zero-order valence-corrected chi connectivity index (χ0v) is 31.3. The minimum Gasteiger partial charge on any atom is -0.274 e. The lowest BCUT2D eigenvalue weighted by Crippen LogP contribution is -2.64. The quantitative estimate of drug-likeness (QED) is 0.0983. The maximum Gasteiger partial charge on any atom is 0.263 e. The number of imide groups is 1. The third-order valence-corrected chi connectivity index (χ3v) is 20.9. The second kappa shape index (κ2) is 13.1. The molecule has 3 unspecified atom stereocenters. The van der Waals surface area contributed by atoms with Crippen molar-refractivity contribution in [2.24, 2.45) is 11.8 Å². The summed E-state index contributed by atoms with van der Waals surface area (Å²) in [5, 5.41) is 5.43. The molecule has 0 saturated heterocycles. The van der Waals surface area contributed by atoms with E-state index in [4.69, 9.17) is 0 Å². The molecule has 0 aromatic carbocycles. The summed E-state index contributed by atoms with van der Waals surface area (Å²) in [4.78, 5) is 36.8. The average Bonchev–Trinajstić information content (AvgIpc) is 3.85. The Balaban J connectivity index is 1.45. The van der Waals surface area contributed by atoms with Crippen molar-refractivity contribution in [3.05, 3.63) is 50.5 Å². The Hall–Kier alpha value is -1.84. The molecule has 0 N–H and O–H groups in total. The van der Waals surface area contributed by atoms with E-state index in [2.05, 4.69) is 64.3 Å². The number of aryl methyl sites for hydroxylation is 2. The third-order valence-electron chi connectivity index (χ3n) is 10.0. The Bertz CT molecular complexity index is 1660. The monoisotopic (exact) mass is 679 g/mol. The van der Waals surface area contributed by atoms with E-state index in [-0.39, 0.29) is 11.8 Å². The number of thiophene rings is 4. The molecule has 3 nitrogen and oxygen atoms in total. The van der Waals surface area contributed by atoms with Crippen LogP contribution in [-0.2, 0) is 0 Å². The van der Waals surface area contributed by atoms with Crippen LogP contribution in [0.25, 0.3) is 19.5 Å². The molecule has 8 heteroatoms. The molecule has 44 heavy (non-hydrogen) atoms. The van der Waals surface area contributed by atoms with Gasteiger partial charge in [0.1, 0.15) is 0 Å². The number of carbonyl (C=O) groups is 2. The average molecular weight is 680 g/mol. The molecule has 6 rings (SSSR count). The molecule has 0 aliphatic carbocycles. The fraction of sp³-hybridized carbons (Fsp3) is 0.500. The molecule has 2 aliphatic heterocycles. The van der Waals surface area contributed by atoms with Crippen LogP contribution in [0.1, 0.15) is 110 Å². The summed E-state index contributed by atoms with van der Waals surface area (Å²) >= 11 is 7.42. The highest BCUT2D eigenvalue weighted by Crippen LogP contribution is 2.49. The first-order valence-corrected chi connectivity index (χ1v) is 22.1. The Morgan fingerprint density at radius 1 is 0.795 bits per heavy atom. The van der Waals surface area contributed by atoms with Crippen LogP contribution in [-0.4, -0.2) is 31.3 Å². The third kappa shape index (κ3) is 5.26. The summed E-state index contributed by atoms with van der Waals surface area (Å²) in [5.74, 6) is 0.908. The van der Waals surface area contributed by atoms with Crippen LogP contribution in [0.5, 0.6) is 0 Å². The zero-order valence-electron chi connectivity index (χ0n) is 27.0. The summed E-state index contributed by atoms with van der Waals surface area (Å²) in [7, 11) is -2.24. The Morgan fingerprint density at radius 3 is 2.11 bits per heavy atom. The SMILES string of the molecule is CCCCC(CC)CN1C(=O)c2c(C)sc(-c3cc4c(s3)-c3sc(C)cc3[Si]4(CC(CC)CCCC)c3cccs3)c2C1=O. The molecular weight excluding hydrogens is 635 g/mol. The minimum atomic E-state index is -2.24. The number of hydrogen-bond acceptors (Lipinski definition) is 6. The standard InChI is InChI=1S/C36H45NO2S4Si/c1-7-11-14-24(9-3)20-37-35(38)30-23(6)42-32(31(30)36(37)39)26-19-28-34(43-26)33-27(18-22(5)41-33)44(28,29-16-13-17-40-29)21-25(10-4)15-12-8-2/h13,16-19,24-25H,7-12,14-15,20-21H2,1-6H3. The molecule has 0 fully saturated rings. The number of carbonyl (C=O) groups excluding carboxylic acids is 2. The van der Waals surface area contributed by atoms with Gasteiger partial charge in [-0.3, -0.25) is 14.5 Å². The predicted molar refractivity (Wildman–Crippen MR) is 196 cm³/mol. The Kier molecular flexibility index (Phi) is 9.57. The van der Waals surface area contributed by atoms with Gasteiger partial charge in [-0.1, -0.05) is 84.8 Å². The predicted octanol–water partition coefficient (Wildman–Crippen LogP) is 9.70. The summed E-state index contributed by atoms with van der Waals surface area (Å²) in [5.41, 5.74) is 1.33. The molecule has 0 bridgehead atoms. The Morgan fingerprint density at radius 2 is 1.45 bits per heavy atom. The molecule has 0 radical (unpaired) electrons. The van der Waals surface area contributed by atoms with Gasteiger partial charge in [0.05, 0.1) is 16.0 Å². The number of hydrogen-bond donors (Lipinski definition) is 0. The van der Waals surface area contributed by atoms with E-state index in [1.54, 1.807) is 31.1 Å². The van der Waals surface area contributed by atoms with Gasteiger partial charge in [0.25, 0.3) is 11.8 Å². The largest absolute Gasteiger partial charge is 0.274 e. The zero-order chi connectivity index (χ0) is 31.2. The van der Waals surface area contributed by atoms with Gasteiger partial charge in [-0.25, -0.2) is 0 Å². The normalized spacial score (nSPS) is 18.6. The van der Waals surface area contributed by atoms with E-state index in [1.165, 1.54) is 51.2 Å². The topological polar surface area (TPSA) is 37.4 Å². The highest BCUT2D eigenvalue weighted by atomic mass is 32.1. The summed E-state index contributed by atoms with van der Waals surface area (Å²) in [6, 6.07) is 10.9. The van der Waals surface area contributed by atoms with Crippen molar-refractivity contribution in [1.29, 1.82) is 0 Å². The van der Waals surface area contributed by atoms with Gasteiger partial charge >= 0.3 is 0 Å². The van der Waals surface area contributed by atoms with Crippen LogP contribution in [0.4, 0.5) is 0 Å². The van der Waals surface area contributed by atoms with E-state index in [1.807, 2.05) is 40.9 Å². The van der Waals surface area contributed by atoms with Gasteiger partial charge in [0.15, 0.2) is 8.07 Å². The maximum atomic E-state index is 14.0. The van der Waals surface area contributed by atoms with Gasteiger partial charge < -0.3 is 0 Å². The van der Waals surface area contributed by atoms with Crippen LogP contribution < -0.4 is 14.9 Å². The fourth-order valence-electron chi connectivity index (χ4n) is 7.50. The maximum absolute atomic E-state index is 14.0. The summed E-state index contributed by atoms with van der Waals surface area (Å²) < 4.78 is 1.57. The van der Waals surface area contributed by atoms with E-state index >= 15 is 0 Å². The highest BCUT2D eigenvalue weighted by Gasteiger charge is 2.51. The first-order valence-electron chi connectivity index (χ1n) is 16.6. The molecule has 0 spiro atoms. The van der Waals surface area contributed by atoms with E-state index in [9.17, 15) is 9.59 Å². The Labute approximate surface area is 280 Å². The van der Waals surface area contributed by atoms with E-state index in [0.717, 1.165) is 35.4 Å². The highest BCUT2D eigenvalue weighted by molar-refractivity contribution is 7.38. The van der Waals surface area contributed by atoms with Crippen molar-refractivity contribution in [3.63, 3.8) is 0 Å². The molecule has 3 atom stereocenters. The van der Waals surface area contributed by atoms with Crippen LogP contribution in [0.2, 0.25) is 6.04 Å². The minimum absolute atomic E-state index is 0.0760. The lowest BCUT2D eigenvalue weighted by atomic mass is 9.99. The number of amides is 2. The van der Waals surface area contributed by atoms with Crippen LogP contribution in [0, 0.1) is 25.7 Å². The molecule has 234 valence electrons. The second-order valence-corrected chi connectivity index (χ2v) is 21.5. The van der Waals surface area contributed by atoms with Gasteiger partial charge in [0.2, 0.25) is 0 Å². The van der Waals surface area contributed by atoms with Crippen molar-refractivity contribution in [2.45, 2.75) is 99.0 Å². The lowest BCUT2D eigenvalue weighted by molar-refractivity contribution is 0.0624. The smallest absolute Gasteiger partial charge is 0.263 e. The van der Waals surface area contributed by atoms with E-state index in [0.29, 0.717) is 29.5 Å². The molecule has 2 aliphatic rings. The molecule has 4 aromatic heterocycles. The van der Waals surface area contributed by atoms with Crippen molar-refractivity contribution in [2.75, 3.05) is 6.54 Å². The molecular formula is C36H45NO2S4Si. The number of rotatable bonds is 14. The fourth-order valence-corrected chi connectivity index (χ4v) is 20.1. The first kappa shape index (κ1) is 32.1. The molecule has 2 amide bonds. The van der Waals surface area contributed by atoms with Crippen molar-refractivity contribution in [3.8, 4) is 19.5 Å². The van der Waals surface area contributed by atoms with Crippen molar-refractivity contribution in [1.82, 2.24) is 4.90 Å². The number of unbranched alkanes of at least 4 members (excludes halogenated alkanes) is 2. The summed E-state index contributed by atoms with van der Waals surface area (Å²) in [6.07, 6.45) is 9.36. The van der Waals surface area contributed by atoms with Gasteiger partial charge in [-0.2, -0.15) is 11.3 Å². The molecule has 4 aromatic rings. The van der Waals surface area contributed by atoms with Crippen LogP contribution >= 0.6 is 45.3 Å². The first-order chi connectivity index (χ1) is 21.3.